The smallest absolute Gasteiger partial charge is 0.317 e. The number of aromatic nitrogens is 2. The third-order valence-corrected chi connectivity index (χ3v) is 4.17. The molecule has 1 heterocycles. The maximum atomic E-state index is 12.9. The number of benzene rings is 1. The average Bonchev–Trinajstić information content (AvgIpc) is 3.15. The predicted octanol–water partition coefficient (Wildman–Crippen LogP) is 2.74. The van der Waals surface area contributed by atoms with Gasteiger partial charge in [-0.15, -0.1) is 0 Å². The third kappa shape index (κ3) is 3.70. The number of carbonyl (C=O) groups excluding carboxylic acids is 1. The van der Waals surface area contributed by atoms with Gasteiger partial charge in [-0.05, 0) is 31.0 Å². The largest absolute Gasteiger partial charge is 0.335 e. The first-order valence-electron chi connectivity index (χ1n) is 7.85. The molecule has 1 fully saturated rings. The summed E-state index contributed by atoms with van der Waals surface area (Å²) in [5, 5.41) is 7.23. The van der Waals surface area contributed by atoms with Crippen molar-refractivity contribution in [2.24, 2.45) is 0 Å². The Labute approximate surface area is 135 Å². The van der Waals surface area contributed by atoms with Gasteiger partial charge in [0.2, 0.25) is 0 Å². The van der Waals surface area contributed by atoms with Crippen LogP contribution in [0.2, 0.25) is 0 Å². The van der Waals surface area contributed by atoms with Crippen molar-refractivity contribution in [3.63, 3.8) is 0 Å². The molecule has 1 aromatic carbocycles. The van der Waals surface area contributed by atoms with Crippen molar-refractivity contribution >= 4 is 6.03 Å². The van der Waals surface area contributed by atoms with E-state index in [2.05, 4.69) is 10.4 Å². The Hall–Kier alpha value is -2.37. The highest BCUT2D eigenvalue weighted by Crippen LogP contribution is 2.40. The Morgan fingerprint density at radius 1 is 1.43 bits per heavy atom. The summed E-state index contributed by atoms with van der Waals surface area (Å²) in [6.07, 6.45) is 4.63. The van der Waals surface area contributed by atoms with Gasteiger partial charge < -0.3 is 10.2 Å². The van der Waals surface area contributed by atoms with Gasteiger partial charge in [0.15, 0.2) is 0 Å². The minimum absolute atomic E-state index is 0.0936. The lowest BCUT2D eigenvalue weighted by atomic mass is 10.1. The molecule has 1 aliphatic carbocycles. The van der Waals surface area contributed by atoms with Crippen LogP contribution in [0.25, 0.3) is 0 Å². The molecule has 1 saturated carbocycles. The minimum atomic E-state index is -0.234. The molecule has 0 bridgehead atoms. The van der Waals surface area contributed by atoms with Crippen LogP contribution in [0.15, 0.2) is 36.7 Å². The zero-order valence-electron chi connectivity index (χ0n) is 13.4. The number of carbonyl (C=O) groups is 1. The van der Waals surface area contributed by atoms with E-state index in [9.17, 15) is 9.18 Å². The van der Waals surface area contributed by atoms with Crippen LogP contribution < -0.4 is 5.32 Å². The van der Waals surface area contributed by atoms with Crippen molar-refractivity contribution in [1.82, 2.24) is 20.0 Å². The fourth-order valence-corrected chi connectivity index (χ4v) is 2.71. The zero-order valence-corrected chi connectivity index (χ0v) is 13.4. The van der Waals surface area contributed by atoms with Gasteiger partial charge in [-0.2, -0.15) is 5.10 Å². The lowest BCUT2D eigenvalue weighted by Crippen LogP contribution is -2.38. The number of nitrogens with zero attached hydrogens (tertiary/aromatic N) is 3. The number of hydrogen-bond donors (Lipinski definition) is 1. The second-order valence-corrected chi connectivity index (χ2v) is 6.01. The molecule has 0 aliphatic heterocycles. The maximum Gasteiger partial charge on any atom is 0.317 e. The molecule has 0 unspecified atom stereocenters. The van der Waals surface area contributed by atoms with Crippen molar-refractivity contribution in [1.29, 1.82) is 0 Å². The SMILES string of the molecule is CCn1cc(CN(C)C(=O)N[C@@H]2C[C@H]2c2ccc(F)cc2)cn1. The van der Waals surface area contributed by atoms with Crippen LogP contribution in [0.1, 0.15) is 30.4 Å². The molecule has 1 aliphatic rings. The molecule has 122 valence electrons. The van der Waals surface area contributed by atoms with E-state index < -0.39 is 0 Å². The highest BCUT2D eigenvalue weighted by atomic mass is 19.1. The maximum absolute atomic E-state index is 12.9. The summed E-state index contributed by atoms with van der Waals surface area (Å²) < 4.78 is 14.8. The van der Waals surface area contributed by atoms with Gasteiger partial charge in [0.1, 0.15) is 5.82 Å². The van der Waals surface area contributed by atoms with Crippen molar-refractivity contribution < 1.29 is 9.18 Å². The minimum Gasteiger partial charge on any atom is -0.335 e. The number of rotatable bonds is 5. The molecule has 3 rings (SSSR count). The van der Waals surface area contributed by atoms with E-state index in [1.54, 1.807) is 30.3 Å². The Kier molecular flexibility index (Phi) is 4.32. The quantitative estimate of drug-likeness (QED) is 0.922. The van der Waals surface area contributed by atoms with Crippen LogP contribution in [-0.4, -0.2) is 33.8 Å². The van der Waals surface area contributed by atoms with Crippen molar-refractivity contribution in [3.05, 3.63) is 53.6 Å². The van der Waals surface area contributed by atoms with Crippen LogP contribution in [0.3, 0.4) is 0 Å². The molecule has 6 heteroatoms. The van der Waals surface area contributed by atoms with Gasteiger partial charge in [0.25, 0.3) is 0 Å². The van der Waals surface area contributed by atoms with Gasteiger partial charge in [0.05, 0.1) is 12.7 Å². The zero-order chi connectivity index (χ0) is 16.4. The summed E-state index contributed by atoms with van der Waals surface area (Å²) in [7, 11) is 1.77. The Bertz CT molecular complexity index is 682. The lowest BCUT2D eigenvalue weighted by Gasteiger charge is -2.17. The fourth-order valence-electron chi connectivity index (χ4n) is 2.71. The van der Waals surface area contributed by atoms with E-state index in [1.807, 2.05) is 17.8 Å². The molecular weight excluding hydrogens is 295 g/mol. The number of halogens is 1. The van der Waals surface area contributed by atoms with Gasteiger partial charge in [-0.1, -0.05) is 12.1 Å². The summed E-state index contributed by atoms with van der Waals surface area (Å²) >= 11 is 0. The topological polar surface area (TPSA) is 50.2 Å². The number of amides is 2. The lowest BCUT2D eigenvalue weighted by molar-refractivity contribution is 0.206. The normalized spacial score (nSPS) is 19.4. The van der Waals surface area contributed by atoms with Gasteiger partial charge >= 0.3 is 6.03 Å². The van der Waals surface area contributed by atoms with E-state index in [0.29, 0.717) is 6.54 Å². The fraction of sp³-hybridized carbons (Fsp3) is 0.412. The molecule has 2 aromatic rings. The predicted molar refractivity (Wildman–Crippen MR) is 85.4 cm³/mol. The summed E-state index contributed by atoms with van der Waals surface area (Å²) in [5.41, 5.74) is 2.08. The van der Waals surface area contributed by atoms with Crippen LogP contribution in [0.4, 0.5) is 9.18 Å². The summed E-state index contributed by atoms with van der Waals surface area (Å²) in [6.45, 7) is 3.37. The Morgan fingerprint density at radius 2 is 2.17 bits per heavy atom. The standard InChI is InChI=1S/C17H21FN4O/c1-3-22-11-12(9-19-22)10-21(2)17(23)20-16-8-15(16)13-4-6-14(18)7-5-13/h4-7,9,11,15-16H,3,8,10H2,1-2H3,(H,20,23)/t15-,16+/m0/s1. The van der Waals surface area contributed by atoms with E-state index in [4.69, 9.17) is 0 Å². The highest BCUT2D eigenvalue weighted by Gasteiger charge is 2.39. The average molecular weight is 316 g/mol. The molecule has 0 saturated heterocycles. The summed E-state index contributed by atoms with van der Waals surface area (Å²) in [6, 6.07) is 6.54. The number of urea groups is 1. The number of aryl methyl sites for hydroxylation is 1. The molecule has 0 spiro atoms. The molecule has 0 radical (unpaired) electrons. The molecule has 2 atom stereocenters. The Balaban J connectivity index is 1.50. The van der Waals surface area contributed by atoms with Gasteiger partial charge in [0, 0.05) is 37.3 Å². The van der Waals surface area contributed by atoms with Gasteiger partial charge in [-0.3, -0.25) is 4.68 Å². The first-order chi connectivity index (χ1) is 11.1. The summed E-state index contributed by atoms with van der Waals surface area (Å²) in [5.74, 6) is 0.0538. The monoisotopic (exact) mass is 316 g/mol. The number of nitrogens with one attached hydrogen (secondary N) is 1. The van der Waals surface area contributed by atoms with Gasteiger partial charge in [-0.25, -0.2) is 9.18 Å². The molecule has 1 aromatic heterocycles. The van der Waals surface area contributed by atoms with Crippen molar-refractivity contribution in [3.8, 4) is 0 Å². The first kappa shape index (κ1) is 15.5. The van der Waals surface area contributed by atoms with E-state index in [1.165, 1.54) is 12.1 Å². The number of hydrogen-bond acceptors (Lipinski definition) is 2. The van der Waals surface area contributed by atoms with Crippen LogP contribution in [-0.2, 0) is 13.1 Å². The van der Waals surface area contributed by atoms with Crippen molar-refractivity contribution in [2.45, 2.75) is 38.4 Å². The van der Waals surface area contributed by atoms with Crippen LogP contribution >= 0.6 is 0 Å². The van der Waals surface area contributed by atoms with Crippen LogP contribution in [0.5, 0.6) is 0 Å². The third-order valence-electron chi connectivity index (χ3n) is 4.17. The van der Waals surface area contributed by atoms with Crippen LogP contribution in [0, 0.1) is 5.82 Å². The summed E-state index contributed by atoms with van der Waals surface area (Å²) in [4.78, 5) is 13.9. The van der Waals surface area contributed by atoms with E-state index in [-0.39, 0.29) is 23.8 Å². The second-order valence-electron chi connectivity index (χ2n) is 6.01. The highest BCUT2D eigenvalue weighted by molar-refractivity contribution is 5.74. The first-order valence-corrected chi connectivity index (χ1v) is 7.85. The van der Waals surface area contributed by atoms with Crippen molar-refractivity contribution in [2.75, 3.05) is 7.05 Å². The molecule has 5 nitrogen and oxygen atoms in total. The molecular formula is C17H21FN4O. The molecule has 23 heavy (non-hydrogen) atoms. The van der Waals surface area contributed by atoms with E-state index >= 15 is 0 Å². The molecule has 1 N–H and O–H groups in total. The van der Waals surface area contributed by atoms with E-state index in [0.717, 1.165) is 24.1 Å². The molecule has 2 amide bonds. The Morgan fingerprint density at radius 3 is 2.83 bits per heavy atom. The second kappa shape index (κ2) is 6.40.